The van der Waals surface area contributed by atoms with Crippen LogP contribution in [0, 0.1) is 25.7 Å². The number of carbonyl (C=O) groups excluding carboxylic acids is 3. The fourth-order valence-corrected chi connectivity index (χ4v) is 4.02. The van der Waals surface area contributed by atoms with E-state index in [1.807, 2.05) is 32.0 Å². The number of imide groups is 1. The average molecular weight is 396 g/mol. The zero-order chi connectivity index (χ0) is 20.5. The van der Waals surface area contributed by atoms with Gasteiger partial charge in [0.15, 0.2) is 5.76 Å². The summed E-state index contributed by atoms with van der Waals surface area (Å²) in [6, 6.07) is 9.08. The second-order valence-electron chi connectivity index (χ2n) is 7.77. The Kier molecular flexibility index (Phi) is 5.13. The highest BCUT2D eigenvalue weighted by Crippen LogP contribution is 2.37. The van der Waals surface area contributed by atoms with Crippen molar-refractivity contribution in [1.29, 1.82) is 0 Å². The van der Waals surface area contributed by atoms with E-state index in [1.165, 1.54) is 6.07 Å². The third-order valence-electron chi connectivity index (χ3n) is 5.65. The standard InChI is InChI=1S/C22H24N2O5/c1-13-7-8-14(2)19(11-13)28-12-15-9-10-18(29-15)20(25)23-24-21(26)16-5-3-4-6-17(16)22(24)27/h7-11,16-17H,3-6,12H2,1-2H3,(H,23,25). The highest BCUT2D eigenvalue weighted by molar-refractivity contribution is 6.07. The van der Waals surface area contributed by atoms with Gasteiger partial charge in [-0.2, -0.15) is 5.01 Å². The van der Waals surface area contributed by atoms with Crippen molar-refractivity contribution < 1.29 is 23.5 Å². The van der Waals surface area contributed by atoms with Gasteiger partial charge >= 0.3 is 5.91 Å². The van der Waals surface area contributed by atoms with Gasteiger partial charge < -0.3 is 9.15 Å². The minimum atomic E-state index is -0.622. The van der Waals surface area contributed by atoms with E-state index in [2.05, 4.69) is 5.43 Å². The Hall–Kier alpha value is -3.09. The third kappa shape index (κ3) is 3.77. The fraction of sp³-hybridized carbons (Fsp3) is 0.409. The van der Waals surface area contributed by atoms with Crippen molar-refractivity contribution in [1.82, 2.24) is 10.4 Å². The van der Waals surface area contributed by atoms with Gasteiger partial charge in [-0.05, 0) is 56.0 Å². The Morgan fingerprint density at radius 2 is 1.79 bits per heavy atom. The number of furan rings is 1. The van der Waals surface area contributed by atoms with Crippen LogP contribution in [0.3, 0.4) is 0 Å². The van der Waals surface area contributed by atoms with Gasteiger partial charge in [-0.1, -0.05) is 25.0 Å². The number of nitrogens with one attached hydrogen (secondary N) is 1. The maximum Gasteiger partial charge on any atom is 0.305 e. The molecule has 1 aliphatic carbocycles. The lowest BCUT2D eigenvalue weighted by molar-refractivity contribution is -0.142. The van der Waals surface area contributed by atoms with Crippen molar-refractivity contribution in [3.63, 3.8) is 0 Å². The number of hydrogen-bond donors (Lipinski definition) is 1. The van der Waals surface area contributed by atoms with E-state index in [1.54, 1.807) is 6.07 Å². The summed E-state index contributed by atoms with van der Waals surface area (Å²) < 4.78 is 11.3. The zero-order valence-electron chi connectivity index (χ0n) is 16.6. The average Bonchev–Trinajstić information content (AvgIpc) is 3.28. The molecule has 7 nitrogen and oxygen atoms in total. The van der Waals surface area contributed by atoms with Crippen LogP contribution in [0.25, 0.3) is 0 Å². The second-order valence-corrected chi connectivity index (χ2v) is 7.77. The first kappa shape index (κ1) is 19.2. The number of rotatable bonds is 5. The van der Waals surface area contributed by atoms with Crippen LogP contribution in [0.1, 0.15) is 53.1 Å². The Balaban J connectivity index is 1.39. The van der Waals surface area contributed by atoms with E-state index in [4.69, 9.17) is 9.15 Å². The summed E-state index contributed by atoms with van der Waals surface area (Å²) in [6.45, 7) is 4.11. The Morgan fingerprint density at radius 1 is 1.10 bits per heavy atom. The molecule has 152 valence electrons. The molecule has 2 unspecified atom stereocenters. The number of hydrazine groups is 1. The summed E-state index contributed by atoms with van der Waals surface area (Å²) in [6.07, 6.45) is 3.26. The van der Waals surface area contributed by atoms with Gasteiger partial charge in [0.2, 0.25) is 0 Å². The van der Waals surface area contributed by atoms with E-state index in [9.17, 15) is 14.4 Å². The first-order valence-electron chi connectivity index (χ1n) is 9.91. The molecule has 1 aromatic carbocycles. The smallest absolute Gasteiger partial charge is 0.305 e. The summed E-state index contributed by atoms with van der Waals surface area (Å²) >= 11 is 0. The van der Waals surface area contributed by atoms with E-state index >= 15 is 0 Å². The second kappa shape index (κ2) is 7.73. The van der Waals surface area contributed by atoms with Crippen LogP contribution in [-0.2, 0) is 16.2 Å². The summed E-state index contributed by atoms with van der Waals surface area (Å²) in [7, 11) is 0. The third-order valence-corrected chi connectivity index (χ3v) is 5.65. The highest BCUT2D eigenvalue weighted by Gasteiger charge is 2.49. The molecule has 2 aromatic rings. The quantitative estimate of drug-likeness (QED) is 0.784. The molecule has 2 heterocycles. The predicted octanol–water partition coefficient (Wildman–Crippen LogP) is 3.30. The predicted molar refractivity (Wildman–Crippen MR) is 104 cm³/mol. The Labute approximate surface area is 169 Å². The van der Waals surface area contributed by atoms with Gasteiger partial charge in [0, 0.05) is 0 Å². The van der Waals surface area contributed by atoms with Gasteiger partial charge in [0.25, 0.3) is 11.8 Å². The molecule has 2 aliphatic rings. The lowest BCUT2D eigenvalue weighted by atomic mass is 9.81. The van der Waals surface area contributed by atoms with Crippen LogP contribution >= 0.6 is 0 Å². The number of carbonyl (C=O) groups is 3. The summed E-state index contributed by atoms with van der Waals surface area (Å²) in [5, 5.41) is 0.873. The highest BCUT2D eigenvalue weighted by atomic mass is 16.5. The van der Waals surface area contributed by atoms with Crippen LogP contribution in [0.2, 0.25) is 0 Å². The molecule has 1 saturated heterocycles. The topological polar surface area (TPSA) is 88.9 Å². The number of hydrogen-bond acceptors (Lipinski definition) is 5. The number of benzene rings is 1. The Bertz CT molecular complexity index is 940. The number of fused-ring (bicyclic) bond motifs is 1. The van der Waals surface area contributed by atoms with Crippen molar-refractivity contribution in [2.45, 2.75) is 46.1 Å². The van der Waals surface area contributed by atoms with Crippen LogP contribution in [0.4, 0.5) is 0 Å². The van der Waals surface area contributed by atoms with Crippen molar-refractivity contribution in [3.8, 4) is 5.75 Å². The SMILES string of the molecule is Cc1ccc(C)c(OCc2ccc(C(=O)NN3C(=O)C4CCCCC4C3=O)o2)c1. The zero-order valence-corrected chi connectivity index (χ0v) is 16.6. The molecule has 7 heteroatoms. The van der Waals surface area contributed by atoms with Crippen LogP contribution in [-0.4, -0.2) is 22.7 Å². The monoisotopic (exact) mass is 396 g/mol. The molecule has 0 radical (unpaired) electrons. The summed E-state index contributed by atoms with van der Waals surface area (Å²) in [5.41, 5.74) is 4.51. The summed E-state index contributed by atoms with van der Waals surface area (Å²) in [4.78, 5) is 37.5. The van der Waals surface area contributed by atoms with E-state index in [0.29, 0.717) is 18.6 Å². The lowest BCUT2D eigenvalue weighted by Crippen LogP contribution is -2.46. The maximum atomic E-state index is 12.5. The minimum Gasteiger partial charge on any atom is -0.485 e. The summed E-state index contributed by atoms with van der Waals surface area (Å²) in [5.74, 6) is -0.629. The molecule has 1 aromatic heterocycles. The Morgan fingerprint density at radius 3 is 2.48 bits per heavy atom. The van der Waals surface area contributed by atoms with Gasteiger partial charge in [0.05, 0.1) is 11.8 Å². The van der Waals surface area contributed by atoms with Gasteiger partial charge in [-0.3, -0.25) is 19.8 Å². The molecule has 0 bridgehead atoms. The number of aryl methyl sites for hydroxylation is 2. The van der Waals surface area contributed by atoms with Gasteiger partial charge in [0.1, 0.15) is 18.1 Å². The molecule has 2 atom stereocenters. The lowest BCUT2D eigenvalue weighted by Gasteiger charge is -2.19. The van der Waals surface area contributed by atoms with Crippen molar-refractivity contribution in [2.75, 3.05) is 0 Å². The normalized spacial score (nSPS) is 21.2. The largest absolute Gasteiger partial charge is 0.485 e. The van der Waals surface area contributed by atoms with Crippen molar-refractivity contribution >= 4 is 17.7 Å². The van der Waals surface area contributed by atoms with E-state index < -0.39 is 5.91 Å². The molecular formula is C22H24N2O5. The first-order valence-corrected chi connectivity index (χ1v) is 9.91. The molecule has 3 amide bonds. The van der Waals surface area contributed by atoms with Crippen molar-refractivity contribution in [2.24, 2.45) is 11.8 Å². The van der Waals surface area contributed by atoms with Gasteiger partial charge in [-0.15, -0.1) is 0 Å². The molecular weight excluding hydrogens is 372 g/mol. The molecule has 4 rings (SSSR count). The number of amides is 3. The van der Waals surface area contributed by atoms with Crippen LogP contribution in [0.15, 0.2) is 34.7 Å². The minimum absolute atomic E-state index is 0.0278. The molecule has 1 saturated carbocycles. The molecule has 29 heavy (non-hydrogen) atoms. The van der Waals surface area contributed by atoms with Gasteiger partial charge in [-0.25, -0.2) is 0 Å². The number of ether oxygens (including phenoxy) is 1. The van der Waals surface area contributed by atoms with Crippen LogP contribution in [0.5, 0.6) is 5.75 Å². The molecule has 1 N–H and O–H groups in total. The fourth-order valence-electron chi connectivity index (χ4n) is 4.02. The van der Waals surface area contributed by atoms with Crippen LogP contribution < -0.4 is 10.2 Å². The molecule has 2 fully saturated rings. The van der Waals surface area contributed by atoms with E-state index in [0.717, 1.165) is 34.7 Å². The molecule has 0 spiro atoms. The number of nitrogens with zero attached hydrogens (tertiary/aromatic N) is 1. The first-order chi connectivity index (χ1) is 13.9. The molecule has 1 aliphatic heterocycles. The van der Waals surface area contributed by atoms with E-state index in [-0.39, 0.29) is 36.0 Å². The maximum absolute atomic E-state index is 12.5. The van der Waals surface area contributed by atoms with Crippen molar-refractivity contribution in [3.05, 3.63) is 53.0 Å².